The Bertz CT molecular complexity index is 1640. The van der Waals surface area contributed by atoms with Crippen molar-refractivity contribution in [2.24, 2.45) is 11.8 Å². The summed E-state index contributed by atoms with van der Waals surface area (Å²) in [5.74, 6) is -4.48. The van der Waals surface area contributed by atoms with Gasteiger partial charge in [0.25, 0.3) is 23.4 Å². The van der Waals surface area contributed by atoms with E-state index < -0.39 is 52.8 Å². The van der Waals surface area contributed by atoms with Crippen molar-refractivity contribution in [3.05, 3.63) is 105 Å². The number of non-ortho nitro benzene ring substituents is 1. The monoisotopic (exact) mass is 745 g/mol. The number of carbonyl (C=O) groups is 5. The lowest BCUT2D eigenvalue weighted by molar-refractivity contribution is -0.384. The molecule has 226 valence electrons. The number of hydrazine groups is 1. The summed E-state index contributed by atoms with van der Waals surface area (Å²) in [6.07, 6.45) is 0.758. The van der Waals surface area contributed by atoms with Gasteiger partial charge in [-0.1, -0.05) is 55.6 Å². The Balaban J connectivity index is 1.36. The molecule has 44 heavy (non-hydrogen) atoms. The Hall–Kier alpha value is -3.94. The summed E-state index contributed by atoms with van der Waals surface area (Å²) >= 11 is 13.4. The van der Waals surface area contributed by atoms with E-state index in [0.717, 1.165) is 10.0 Å². The molecule has 5 rings (SSSR count). The van der Waals surface area contributed by atoms with Crippen molar-refractivity contribution >= 4 is 78.6 Å². The number of amides is 3. The van der Waals surface area contributed by atoms with Crippen LogP contribution >= 0.6 is 43.5 Å². The van der Waals surface area contributed by atoms with Crippen LogP contribution in [0, 0.1) is 22.0 Å². The fourth-order valence-corrected chi connectivity index (χ4v) is 6.60. The summed E-state index contributed by atoms with van der Waals surface area (Å²) < 4.78 is 5.30. The summed E-state index contributed by atoms with van der Waals surface area (Å²) in [5, 5.41) is 12.6. The maximum atomic E-state index is 13.7. The van der Waals surface area contributed by atoms with Crippen LogP contribution in [-0.4, -0.2) is 60.6 Å². The molecule has 0 radical (unpaired) electrons. The van der Waals surface area contributed by atoms with Gasteiger partial charge in [0.2, 0.25) is 0 Å². The maximum absolute atomic E-state index is 13.7. The van der Waals surface area contributed by atoms with Crippen molar-refractivity contribution in [1.29, 1.82) is 0 Å². The van der Waals surface area contributed by atoms with E-state index in [4.69, 9.17) is 16.3 Å². The van der Waals surface area contributed by atoms with Crippen molar-refractivity contribution in [3.8, 4) is 5.75 Å². The lowest BCUT2D eigenvalue weighted by Gasteiger charge is -2.30. The number of carbonyl (C=O) groups excluding carboxylic acids is 5. The Morgan fingerprint density at radius 2 is 1.43 bits per heavy atom. The van der Waals surface area contributed by atoms with Gasteiger partial charge in [-0.25, -0.2) is 9.80 Å². The number of benzene rings is 3. The second kappa shape index (κ2) is 13.0. The van der Waals surface area contributed by atoms with E-state index in [1.165, 1.54) is 60.7 Å². The van der Waals surface area contributed by atoms with Crippen molar-refractivity contribution in [3.63, 3.8) is 0 Å². The number of hydrogen-bond donors (Lipinski definition) is 0. The van der Waals surface area contributed by atoms with Gasteiger partial charge in [0.05, 0.1) is 32.9 Å². The highest BCUT2D eigenvalue weighted by Gasteiger charge is 2.54. The maximum Gasteiger partial charge on any atom is 0.343 e. The molecule has 11 nitrogen and oxygen atoms in total. The predicted molar refractivity (Wildman–Crippen MR) is 165 cm³/mol. The number of nitro benzene ring substituents is 1. The zero-order chi connectivity index (χ0) is 31.7. The zero-order valence-electron chi connectivity index (χ0n) is 22.6. The Morgan fingerprint density at radius 1 is 0.886 bits per heavy atom. The molecule has 2 aliphatic rings. The average Bonchev–Trinajstić information content (AvgIpc) is 3.24. The summed E-state index contributed by atoms with van der Waals surface area (Å²) in [5.41, 5.74) is 0.0435. The van der Waals surface area contributed by atoms with Crippen molar-refractivity contribution < 1.29 is 33.6 Å². The number of ether oxygens (including phenoxy) is 1. The molecule has 0 N–H and O–H groups in total. The van der Waals surface area contributed by atoms with Crippen LogP contribution in [-0.2, 0) is 9.59 Å². The summed E-state index contributed by atoms with van der Waals surface area (Å²) in [6, 6.07) is 16.5. The number of nitrogens with zero attached hydrogens (tertiary/aromatic N) is 3. The quantitative estimate of drug-likeness (QED) is 0.0549. The number of Topliss-reactive ketones (excluding diaryl/α,β-unsaturated/α-hetero) is 1. The van der Waals surface area contributed by atoms with Gasteiger partial charge in [-0.2, -0.15) is 5.01 Å². The number of fused-ring (bicyclic) bond motifs is 1. The molecule has 1 saturated carbocycles. The van der Waals surface area contributed by atoms with Crippen LogP contribution < -0.4 is 4.74 Å². The standard InChI is InChI=1S/C30H22Br2ClN3O8/c31-23-13-21-22(14-24(23)32)29(40)35(28(21)39)34(27(38)20-3-1-2-4-25(20)33)15-26(37)16-7-11-19(12-8-16)44-30(41)17-5-9-18(10-6-17)36(42)43/h1-12,21-24H,13-15H2/t21-,22-,23-,24+/m1/s1. The number of nitro groups is 1. The molecule has 1 aliphatic heterocycles. The van der Waals surface area contributed by atoms with Crippen LogP contribution in [0.25, 0.3) is 0 Å². The second-order valence-electron chi connectivity index (χ2n) is 10.2. The molecular formula is C30H22Br2ClN3O8. The third-order valence-corrected chi connectivity index (χ3v) is 10.5. The van der Waals surface area contributed by atoms with Crippen molar-refractivity contribution in [1.82, 2.24) is 10.0 Å². The van der Waals surface area contributed by atoms with Crippen LogP contribution in [0.4, 0.5) is 5.69 Å². The molecule has 1 aliphatic carbocycles. The molecule has 3 amide bonds. The van der Waals surface area contributed by atoms with E-state index in [1.54, 1.807) is 12.1 Å². The van der Waals surface area contributed by atoms with Gasteiger partial charge < -0.3 is 4.74 Å². The highest BCUT2D eigenvalue weighted by Crippen LogP contribution is 2.44. The first-order chi connectivity index (χ1) is 21.0. The molecule has 3 aromatic rings. The number of esters is 1. The van der Waals surface area contributed by atoms with E-state index >= 15 is 0 Å². The summed E-state index contributed by atoms with van der Waals surface area (Å²) in [7, 11) is 0. The normalized spacial score (nSPS) is 21.0. The van der Waals surface area contributed by atoms with E-state index in [0.29, 0.717) is 12.8 Å². The smallest absolute Gasteiger partial charge is 0.343 e. The number of imide groups is 1. The fraction of sp³-hybridized carbons (Fsp3) is 0.233. The third kappa shape index (κ3) is 6.30. The minimum absolute atomic E-state index is 0.0164. The molecular weight excluding hydrogens is 726 g/mol. The van der Waals surface area contributed by atoms with Crippen molar-refractivity contribution in [2.75, 3.05) is 6.54 Å². The number of halogens is 3. The number of hydrogen-bond acceptors (Lipinski definition) is 8. The fourth-order valence-electron chi connectivity index (χ4n) is 5.14. The summed E-state index contributed by atoms with van der Waals surface area (Å²) in [4.78, 5) is 76.9. The van der Waals surface area contributed by atoms with E-state index in [-0.39, 0.29) is 42.8 Å². The van der Waals surface area contributed by atoms with Crippen LogP contribution in [0.1, 0.15) is 43.9 Å². The molecule has 1 saturated heterocycles. The first-order valence-electron chi connectivity index (χ1n) is 13.3. The Kier molecular flexibility index (Phi) is 9.28. The molecule has 0 spiro atoms. The van der Waals surface area contributed by atoms with E-state index in [9.17, 15) is 34.1 Å². The molecule has 0 bridgehead atoms. The third-order valence-electron chi connectivity index (χ3n) is 7.46. The SMILES string of the molecule is O=C(CN(C(=O)c1ccccc1Cl)N1C(=O)[C@@H]2C[C@@H](Br)[C@@H](Br)C[C@H]2C1=O)c1ccc(OC(=O)c2ccc([N+](=O)[O-])cc2)cc1. The zero-order valence-corrected chi connectivity index (χ0v) is 26.5. The first-order valence-corrected chi connectivity index (χ1v) is 15.5. The van der Waals surface area contributed by atoms with Gasteiger partial charge in [-0.05, 0) is 61.4 Å². The van der Waals surface area contributed by atoms with Gasteiger partial charge in [-0.15, -0.1) is 0 Å². The molecule has 4 atom stereocenters. The van der Waals surface area contributed by atoms with Crippen LogP contribution in [0.2, 0.25) is 5.02 Å². The largest absolute Gasteiger partial charge is 0.423 e. The van der Waals surface area contributed by atoms with Crippen LogP contribution in [0.5, 0.6) is 5.75 Å². The molecule has 0 aromatic heterocycles. The summed E-state index contributed by atoms with van der Waals surface area (Å²) in [6.45, 7) is -0.640. The number of rotatable bonds is 8. The predicted octanol–water partition coefficient (Wildman–Crippen LogP) is 5.63. The lowest BCUT2D eigenvalue weighted by Crippen LogP contribution is -2.52. The average molecular weight is 748 g/mol. The minimum Gasteiger partial charge on any atom is -0.423 e. The highest BCUT2D eigenvalue weighted by molar-refractivity contribution is 9.12. The van der Waals surface area contributed by atoms with Gasteiger partial charge in [-0.3, -0.25) is 29.3 Å². The topological polar surface area (TPSA) is 144 Å². The Morgan fingerprint density at radius 3 is 1.98 bits per heavy atom. The molecule has 0 unspecified atom stereocenters. The van der Waals surface area contributed by atoms with Gasteiger partial charge >= 0.3 is 5.97 Å². The van der Waals surface area contributed by atoms with Crippen LogP contribution in [0.3, 0.4) is 0 Å². The van der Waals surface area contributed by atoms with Gasteiger partial charge in [0.1, 0.15) is 12.3 Å². The van der Waals surface area contributed by atoms with Crippen molar-refractivity contribution in [2.45, 2.75) is 22.5 Å². The van der Waals surface area contributed by atoms with E-state index in [2.05, 4.69) is 31.9 Å². The highest BCUT2D eigenvalue weighted by atomic mass is 79.9. The lowest BCUT2D eigenvalue weighted by atomic mass is 9.81. The molecule has 2 fully saturated rings. The molecule has 14 heteroatoms. The van der Waals surface area contributed by atoms with E-state index in [1.807, 2.05) is 0 Å². The Labute approximate surface area is 272 Å². The first kappa shape index (κ1) is 31.5. The minimum atomic E-state index is -0.788. The second-order valence-corrected chi connectivity index (χ2v) is 12.9. The van der Waals surface area contributed by atoms with Gasteiger partial charge in [0.15, 0.2) is 5.78 Å². The molecule has 3 aromatic carbocycles. The number of ketones is 1. The van der Waals surface area contributed by atoms with Gasteiger partial charge in [0, 0.05) is 27.4 Å². The number of alkyl halides is 2. The molecule has 1 heterocycles. The van der Waals surface area contributed by atoms with Crippen LogP contribution in [0.15, 0.2) is 72.8 Å².